The lowest BCUT2D eigenvalue weighted by Gasteiger charge is -2.17. The third-order valence-electron chi connectivity index (χ3n) is 4.53. The van der Waals surface area contributed by atoms with Gasteiger partial charge in [-0.25, -0.2) is 0 Å². The lowest BCUT2D eigenvalue weighted by atomic mass is 9.97. The summed E-state index contributed by atoms with van der Waals surface area (Å²) in [5, 5.41) is 9.13. The Labute approximate surface area is 159 Å². The number of alkyl halides is 3. The maximum Gasteiger partial charge on any atom is 0.416 e. The summed E-state index contributed by atoms with van der Waals surface area (Å²) in [6.45, 7) is 1.95. The molecule has 7 heteroatoms. The Bertz CT molecular complexity index is 908. The fourth-order valence-electron chi connectivity index (χ4n) is 3.31. The molecule has 0 aliphatic heterocycles. The van der Waals surface area contributed by atoms with Crippen molar-refractivity contribution < 1.29 is 23.1 Å². The predicted molar refractivity (Wildman–Crippen MR) is 99.3 cm³/mol. The number of allylic oxidation sites excluding steroid dienone is 1. The lowest BCUT2D eigenvalue weighted by Crippen LogP contribution is -2.25. The van der Waals surface area contributed by atoms with Crippen LogP contribution in [0.2, 0.25) is 0 Å². The van der Waals surface area contributed by atoms with E-state index in [1.54, 1.807) is 6.07 Å². The molecule has 1 aliphatic carbocycles. The molecular formula is C20H18F3NO2S. The van der Waals surface area contributed by atoms with Gasteiger partial charge < -0.3 is 10.8 Å². The van der Waals surface area contributed by atoms with Gasteiger partial charge in [0.1, 0.15) is 0 Å². The molecule has 1 aliphatic rings. The number of carbonyl (C=O) groups is 1. The van der Waals surface area contributed by atoms with Crippen LogP contribution < -0.4 is 5.73 Å². The highest BCUT2D eigenvalue weighted by Crippen LogP contribution is 2.50. The highest BCUT2D eigenvalue weighted by molar-refractivity contribution is 8.03. The molecule has 3 rings (SSSR count). The topological polar surface area (TPSA) is 63.3 Å². The van der Waals surface area contributed by atoms with Gasteiger partial charge in [0, 0.05) is 21.8 Å². The summed E-state index contributed by atoms with van der Waals surface area (Å²) in [5.74, 6) is -1.09. The molecule has 0 aromatic heterocycles. The maximum atomic E-state index is 13.0. The average Bonchev–Trinajstić information content (AvgIpc) is 2.86. The monoisotopic (exact) mass is 393 g/mol. The number of benzene rings is 2. The fraction of sp³-hybridized carbons (Fsp3) is 0.250. The molecule has 0 fully saturated rings. The Kier molecular flexibility index (Phi) is 5.35. The minimum absolute atomic E-state index is 0.0735. The molecule has 0 amide bonds. The molecule has 2 aromatic carbocycles. The number of thioether (sulfide) groups is 1. The van der Waals surface area contributed by atoms with E-state index >= 15 is 0 Å². The molecule has 0 saturated carbocycles. The van der Waals surface area contributed by atoms with E-state index in [2.05, 4.69) is 0 Å². The zero-order chi connectivity index (χ0) is 19.8. The second-order valence-electron chi connectivity index (χ2n) is 6.42. The number of hydrogen-bond acceptors (Lipinski definition) is 3. The van der Waals surface area contributed by atoms with Crippen LogP contribution in [-0.4, -0.2) is 17.1 Å². The van der Waals surface area contributed by atoms with Crippen LogP contribution in [-0.2, 0) is 11.0 Å². The summed E-state index contributed by atoms with van der Waals surface area (Å²) in [5.41, 5.74) is 8.02. The number of aliphatic carboxylic acids is 1. The Morgan fingerprint density at radius 2 is 1.93 bits per heavy atom. The molecule has 27 heavy (non-hydrogen) atoms. The van der Waals surface area contributed by atoms with Crippen molar-refractivity contribution in [1.82, 2.24) is 0 Å². The Balaban J connectivity index is 2.04. The van der Waals surface area contributed by atoms with Crippen molar-refractivity contribution in [2.75, 3.05) is 0 Å². The van der Waals surface area contributed by atoms with Crippen molar-refractivity contribution in [3.63, 3.8) is 0 Å². The lowest BCUT2D eigenvalue weighted by molar-refractivity contribution is -0.138. The van der Waals surface area contributed by atoms with Gasteiger partial charge in [0.2, 0.25) is 0 Å². The van der Waals surface area contributed by atoms with Gasteiger partial charge in [-0.15, -0.1) is 0 Å². The molecule has 0 heterocycles. The first kappa shape index (κ1) is 19.5. The molecule has 2 aromatic rings. The SMILES string of the molecule is CC1C(Sc2cccc(C(F)(F)F)c2)=C(C(N)CC(=O)O)c2ccccc21. The van der Waals surface area contributed by atoms with Gasteiger partial charge in [-0.05, 0) is 34.9 Å². The van der Waals surface area contributed by atoms with E-state index in [4.69, 9.17) is 10.8 Å². The van der Waals surface area contributed by atoms with Crippen LogP contribution in [0.5, 0.6) is 0 Å². The largest absolute Gasteiger partial charge is 0.481 e. The highest BCUT2D eigenvalue weighted by atomic mass is 32.2. The quantitative estimate of drug-likeness (QED) is 0.739. The van der Waals surface area contributed by atoms with E-state index in [9.17, 15) is 18.0 Å². The number of halogens is 3. The summed E-state index contributed by atoms with van der Waals surface area (Å²) in [6.07, 6.45) is -4.67. The van der Waals surface area contributed by atoms with Crippen LogP contribution in [0.25, 0.3) is 5.57 Å². The average molecular weight is 393 g/mol. The summed E-state index contributed by atoms with van der Waals surface area (Å²) >= 11 is 1.22. The van der Waals surface area contributed by atoms with Gasteiger partial charge in [0.15, 0.2) is 0 Å². The van der Waals surface area contributed by atoms with Gasteiger partial charge in [0.25, 0.3) is 0 Å². The normalized spacial score (nSPS) is 17.7. The van der Waals surface area contributed by atoms with Crippen LogP contribution in [0.1, 0.15) is 36.0 Å². The van der Waals surface area contributed by atoms with E-state index in [0.717, 1.165) is 28.2 Å². The number of rotatable bonds is 5. The molecule has 142 valence electrons. The molecule has 2 unspecified atom stereocenters. The first-order valence-electron chi connectivity index (χ1n) is 8.34. The molecule has 0 saturated heterocycles. The van der Waals surface area contributed by atoms with E-state index in [0.29, 0.717) is 10.5 Å². The predicted octanol–water partition coefficient (Wildman–Crippen LogP) is 5.13. The summed E-state index contributed by atoms with van der Waals surface area (Å²) < 4.78 is 39.0. The molecule has 0 bridgehead atoms. The fourth-order valence-corrected chi connectivity index (χ4v) is 4.57. The van der Waals surface area contributed by atoms with Gasteiger partial charge in [-0.3, -0.25) is 4.79 Å². The van der Waals surface area contributed by atoms with Gasteiger partial charge >= 0.3 is 12.1 Å². The van der Waals surface area contributed by atoms with Crippen LogP contribution >= 0.6 is 11.8 Å². The number of carboxylic acids is 1. The standard InChI is InChI=1S/C20H18F3NO2S/c1-11-14-7-2-3-8-15(14)18(16(24)10-17(25)26)19(11)27-13-6-4-5-12(9-13)20(21,22)23/h2-9,11,16H,10,24H2,1H3,(H,25,26). The zero-order valence-electron chi connectivity index (χ0n) is 14.5. The summed E-state index contributed by atoms with van der Waals surface area (Å²) in [4.78, 5) is 12.4. The van der Waals surface area contributed by atoms with Crippen LogP contribution in [0.15, 0.2) is 58.3 Å². The second kappa shape index (κ2) is 7.40. The van der Waals surface area contributed by atoms with Crippen LogP contribution in [0, 0.1) is 0 Å². The molecule has 3 N–H and O–H groups in total. The molecular weight excluding hydrogens is 375 g/mol. The van der Waals surface area contributed by atoms with Crippen molar-refractivity contribution >= 4 is 23.3 Å². The minimum atomic E-state index is -4.42. The Morgan fingerprint density at radius 1 is 1.22 bits per heavy atom. The molecule has 3 nitrogen and oxygen atoms in total. The smallest absolute Gasteiger partial charge is 0.416 e. The van der Waals surface area contributed by atoms with Crippen molar-refractivity contribution in [3.8, 4) is 0 Å². The third kappa shape index (κ3) is 4.04. The number of carboxylic acid groups (broad SMARTS) is 1. The van der Waals surface area contributed by atoms with Gasteiger partial charge in [-0.1, -0.05) is 49.0 Å². The zero-order valence-corrected chi connectivity index (χ0v) is 15.3. The van der Waals surface area contributed by atoms with E-state index in [1.807, 2.05) is 31.2 Å². The van der Waals surface area contributed by atoms with E-state index < -0.39 is 23.8 Å². The minimum Gasteiger partial charge on any atom is -0.481 e. The van der Waals surface area contributed by atoms with Gasteiger partial charge in [0.05, 0.1) is 12.0 Å². The first-order valence-corrected chi connectivity index (χ1v) is 9.16. The number of fused-ring (bicyclic) bond motifs is 1. The molecule has 0 spiro atoms. The molecule has 2 atom stereocenters. The van der Waals surface area contributed by atoms with Gasteiger partial charge in [-0.2, -0.15) is 13.2 Å². The van der Waals surface area contributed by atoms with E-state index in [-0.39, 0.29) is 12.3 Å². The number of nitrogens with two attached hydrogens (primary N) is 1. The summed E-state index contributed by atoms with van der Waals surface area (Å²) in [7, 11) is 0. The van der Waals surface area contributed by atoms with Crippen molar-refractivity contribution in [3.05, 3.63) is 70.1 Å². The third-order valence-corrected chi connectivity index (χ3v) is 5.81. The first-order chi connectivity index (χ1) is 12.7. The Morgan fingerprint density at radius 3 is 2.59 bits per heavy atom. The van der Waals surface area contributed by atoms with Crippen molar-refractivity contribution in [2.45, 2.75) is 36.4 Å². The van der Waals surface area contributed by atoms with Crippen molar-refractivity contribution in [1.29, 1.82) is 0 Å². The number of hydrogen-bond donors (Lipinski definition) is 2. The van der Waals surface area contributed by atoms with E-state index in [1.165, 1.54) is 17.8 Å². The summed E-state index contributed by atoms with van der Waals surface area (Å²) in [6, 6.07) is 11.9. The van der Waals surface area contributed by atoms with Crippen LogP contribution in [0.3, 0.4) is 0 Å². The Hall–Kier alpha value is -2.25. The van der Waals surface area contributed by atoms with Crippen LogP contribution in [0.4, 0.5) is 13.2 Å². The second-order valence-corrected chi connectivity index (χ2v) is 7.53. The highest BCUT2D eigenvalue weighted by Gasteiger charge is 2.34. The molecule has 0 radical (unpaired) electrons. The maximum absolute atomic E-state index is 13.0. The van der Waals surface area contributed by atoms with Crippen molar-refractivity contribution in [2.24, 2.45) is 5.73 Å².